The molecule has 0 saturated carbocycles. The monoisotopic (exact) mass is 414 g/mol. The summed E-state index contributed by atoms with van der Waals surface area (Å²) < 4.78 is 1.86. The molecule has 12 heavy (non-hydrogen) atoms. The van der Waals surface area contributed by atoms with E-state index in [-0.39, 0.29) is 0 Å². The Morgan fingerprint density at radius 3 is 0.917 bits per heavy atom. The molecule has 0 radical (unpaired) electrons. The SMILES string of the molecule is Clc1c(Br)c(Cl)c(Br)c(Cl)c1Br. The largest absolute Gasteiger partial charge is 0.0818 e. The average Bonchev–Trinajstić information content (AvgIpc) is 2.08. The van der Waals surface area contributed by atoms with Gasteiger partial charge in [-0.25, -0.2) is 0 Å². The van der Waals surface area contributed by atoms with E-state index in [1.54, 1.807) is 0 Å². The lowest BCUT2D eigenvalue weighted by molar-refractivity contribution is 1.55. The van der Waals surface area contributed by atoms with E-state index < -0.39 is 0 Å². The lowest BCUT2D eigenvalue weighted by Crippen LogP contribution is -1.80. The van der Waals surface area contributed by atoms with Gasteiger partial charge in [-0.1, -0.05) is 34.8 Å². The zero-order valence-electron chi connectivity index (χ0n) is 5.27. The zero-order valence-corrected chi connectivity index (χ0v) is 12.3. The van der Waals surface area contributed by atoms with Crippen molar-refractivity contribution in [1.82, 2.24) is 0 Å². The van der Waals surface area contributed by atoms with Crippen LogP contribution in [-0.2, 0) is 0 Å². The fourth-order valence-corrected chi connectivity index (χ4v) is 3.28. The lowest BCUT2D eigenvalue weighted by Gasteiger charge is -2.07. The van der Waals surface area contributed by atoms with Gasteiger partial charge in [0.2, 0.25) is 0 Å². The second kappa shape index (κ2) is 4.37. The Morgan fingerprint density at radius 1 is 0.583 bits per heavy atom. The van der Waals surface area contributed by atoms with Crippen molar-refractivity contribution in [3.63, 3.8) is 0 Å². The summed E-state index contributed by atoms with van der Waals surface area (Å²) >= 11 is 27.3. The minimum absolute atomic E-state index is 0.466. The summed E-state index contributed by atoms with van der Waals surface area (Å²) in [6, 6.07) is 0. The molecule has 0 unspecified atom stereocenters. The predicted molar refractivity (Wildman–Crippen MR) is 64.6 cm³/mol. The Balaban J connectivity index is 3.60. The highest BCUT2D eigenvalue weighted by Crippen LogP contribution is 2.46. The smallest absolute Gasteiger partial charge is 0.0721 e. The topological polar surface area (TPSA) is 0 Å². The van der Waals surface area contributed by atoms with Crippen molar-refractivity contribution < 1.29 is 0 Å². The molecule has 0 bridgehead atoms. The standard InChI is InChI=1S/C6Br3Cl3/c7-1-4(10)2(8)6(12)3(9)5(1)11. The van der Waals surface area contributed by atoms with Crippen LogP contribution < -0.4 is 0 Å². The highest BCUT2D eigenvalue weighted by molar-refractivity contribution is 9.11. The Hall–Kier alpha value is 1.53. The van der Waals surface area contributed by atoms with E-state index in [9.17, 15) is 0 Å². The fraction of sp³-hybridized carbons (Fsp3) is 0. The molecule has 1 rings (SSSR count). The van der Waals surface area contributed by atoms with Gasteiger partial charge in [-0.15, -0.1) is 0 Å². The molecule has 0 aromatic heterocycles. The maximum atomic E-state index is 5.88. The fourth-order valence-electron chi connectivity index (χ4n) is 0.578. The molecule has 0 aliphatic rings. The molecule has 0 nitrogen and oxygen atoms in total. The first-order valence-electron chi connectivity index (χ1n) is 2.63. The molecule has 0 atom stereocenters. The van der Waals surface area contributed by atoms with Crippen LogP contribution >= 0.6 is 82.6 Å². The highest BCUT2D eigenvalue weighted by atomic mass is 79.9. The molecule has 0 aliphatic carbocycles. The molecular weight excluding hydrogens is 418 g/mol. The van der Waals surface area contributed by atoms with Crippen LogP contribution in [0.5, 0.6) is 0 Å². The van der Waals surface area contributed by atoms with Gasteiger partial charge in [0.1, 0.15) is 0 Å². The molecule has 1 aromatic carbocycles. The number of rotatable bonds is 0. The van der Waals surface area contributed by atoms with E-state index in [4.69, 9.17) is 34.8 Å². The first kappa shape index (κ1) is 11.6. The van der Waals surface area contributed by atoms with Crippen molar-refractivity contribution in [2.45, 2.75) is 0 Å². The van der Waals surface area contributed by atoms with Gasteiger partial charge in [-0.2, -0.15) is 0 Å². The Bertz CT molecular complexity index is 232. The van der Waals surface area contributed by atoms with Crippen molar-refractivity contribution >= 4 is 82.6 Å². The predicted octanol–water partition coefficient (Wildman–Crippen LogP) is 5.93. The quantitative estimate of drug-likeness (QED) is 0.362. The number of hydrogen-bond acceptors (Lipinski definition) is 0. The van der Waals surface area contributed by atoms with E-state index in [1.807, 2.05) is 0 Å². The Morgan fingerprint density at radius 2 is 0.750 bits per heavy atom. The van der Waals surface area contributed by atoms with Gasteiger partial charge in [0.15, 0.2) is 0 Å². The molecule has 1 aromatic rings. The van der Waals surface area contributed by atoms with E-state index in [0.717, 1.165) is 0 Å². The zero-order chi connectivity index (χ0) is 9.46. The van der Waals surface area contributed by atoms with Crippen LogP contribution in [0.3, 0.4) is 0 Å². The van der Waals surface area contributed by atoms with Crippen LogP contribution in [0.2, 0.25) is 15.1 Å². The minimum atomic E-state index is 0.466. The number of halogens is 6. The molecule has 0 spiro atoms. The third kappa shape index (κ3) is 1.96. The summed E-state index contributed by atoms with van der Waals surface area (Å²) in [5, 5.41) is 1.40. The summed E-state index contributed by atoms with van der Waals surface area (Å²) in [5.74, 6) is 0. The normalized spacial score (nSPS) is 10.5. The van der Waals surface area contributed by atoms with Crippen LogP contribution in [0.25, 0.3) is 0 Å². The van der Waals surface area contributed by atoms with Crippen molar-refractivity contribution in [3.8, 4) is 0 Å². The van der Waals surface area contributed by atoms with Gasteiger partial charge in [-0.05, 0) is 47.8 Å². The van der Waals surface area contributed by atoms with Crippen molar-refractivity contribution in [3.05, 3.63) is 28.5 Å². The van der Waals surface area contributed by atoms with Gasteiger partial charge in [0.25, 0.3) is 0 Å². The summed E-state index contributed by atoms with van der Waals surface area (Å²) in [4.78, 5) is 0. The molecule has 0 heterocycles. The lowest BCUT2D eigenvalue weighted by atomic mass is 10.4. The molecule has 0 N–H and O–H groups in total. The molecule has 0 aliphatic heterocycles. The van der Waals surface area contributed by atoms with Crippen molar-refractivity contribution in [2.24, 2.45) is 0 Å². The van der Waals surface area contributed by atoms with Gasteiger partial charge in [-0.3, -0.25) is 0 Å². The molecule has 0 saturated heterocycles. The molecular formula is C6Br3Cl3. The molecule has 0 fully saturated rings. The first-order chi connectivity index (χ1) is 5.46. The van der Waals surface area contributed by atoms with Crippen LogP contribution in [0.1, 0.15) is 0 Å². The molecule has 6 heteroatoms. The maximum Gasteiger partial charge on any atom is 0.0721 e. The third-order valence-electron chi connectivity index (χ3n) is 1.16. The maximum absolute atomic E-state index is 5.88. The van der Waals surface area contributed by atoms with E-state index in [0.29, 0.717) is 28.5 Å². The van der Waals surface area contributed by atoms with Crippen LogP contribution in [0.15, 0.2) is 13.4 Å². The van der Waals surface area contributed by atoms with Gasteiger partial charge in [0, 0.05) is 0 Å². The highest BCUT2D eigenvalue weighted by Gasteiger charge is 2.16. The molecule has 0 amide bonds. The average molecular weight is 418 g/mol. The minimum Gasteiger partial charge on any atom is -0.0818 e. The van der Waals surface area contributed by atoms with E-state index >= 15 is 0 Å². The van der Waals surface area contributed by atoms with Crippen molar-refractivity contribution in [2.75, 3.05) is 0 Å². The molecule has 66 valence electrons. The van der Waals surface area contributed by atoms with Crippen LogP contribution in [0.4, 0.5) is 0 Å². The third-order valence-corrected chi connectivity index (χ3v) is 6.04. The van der Waals surface area contributed by atoms with E-state index in [2.05, 4.69) is 47.8 Å². The summed E-state index contributed by atoms with van der Waals surface area (Å²) in [6.07, 6.45) is 0. The first-order valence-corrected chi connectivity index (χ1v) is 6.15. The Labute approximate surface area is 110 Å². The second-order valence-electron chi connectivity index (χ2n) is 1.88. The van der Waals surface area contributed by atoms with Gasteiger partial charge in [0.05, 0.1) is 28.5 Å². The van der Waals surface area contributed by atoms with Crippen LogP contribution in [-0.4, -0.2) is 0 Å². The van der Waals surface area contributed by atoms with Gasteiger partial charge >= 0.3 is 0 Å². The van der Waals surface area contributed by atoms with Crippen LogP contribution in [0, 0.1) is 0 Å². The van der Waals surface area contributed by atoms with Gasteiger partial charge < -0.3 is 0 Å². The second-order valence-corrected chi connectivity index (χ2v) is 5.40. The summed E-state index contributed by atoms with van der Waals surface area (Å²) in [5.41, 5.74) is 0. The summed E-state index contributed by atoms with van der Waals surface area (Å²) in [6.45, 7) is 0. The van der Waals surface area contributed by atoms with Crippen molar-refractivity contribution in [1.29, 1.82) is 0 Å². The number of benzene rings is 1. The Kier molecular flexibility index (Phi) is 4.22. The van der Waals surface area contributed by atoms with E-state index in [1.165, 1.54) is 0 Å². The number of hydrogen-bond donors (Lipinski definition) is 0. The summed E-state index contributed by atoms with van der Waals surface area (Å²) in [7, 11) is 0.